The van der Waals surface area contributed by atoms with Gasteiger partial charge in [0.2, 0.25) is 10.0 Å². The Morgan fingerprint density at radius 2 is 2.05 bits per heavy atom. The molecule has 3 N–H and O–H groups in total. The average molecular weight is 298 g/mol. The van der Waals surface area contributed by atoms with Crippen LogP contribution in [0.25, 0.3) is 0 Å². The second kappa shape index (κ2) is 4.85. The monoisotopic (exact) mass is 298 g/mol. The molecule has 1 aromatic carbocycles. The summed E-state index contributed by atoms with van der Waals surface area (Å²) in [7, 11) is -3.54. The van der Waals surface area contributed by atoms with Gasteiger partial charge in [0.05, 0.1) is 4.90 Å². The Balaban J connectivity index is 2.29. The lowest BCUT2D eigenvalue weighted by molar-refractivity contribution is 0.400. The van der Waals surface area contributed by atoms with Crippen molar-refractivity contribution in [2.75, 3.05) is 0 Å². The highest BCUT2D eigenvalue weighted by atomic mass is 32.2. The molecule has 19 heavy (non-hydrogen) atoms. The van der Waals surface area contributed by atoms with Crippen LogP contribution in [0.3, 0.4) is 0 Å². The molecule has 0 atom stereocenters. The Morgan fingerprint density at radius 3 is 2.58 bits per heavy atom. The van der Waals surface area contributed by atoms with Gasteiger partial charge in [-0.05, 0) is 44.7 Å². The Hall–Kier alpha value is -0.980. The first-order valence-electron chi connectivity index (χ1n) is 6.16. The molecule has 6 heteroatoms. The van der Waals surface area contributed by atoms with Crippen LogP contribution in [0.4, 0.5) is 0 Å². The van der Waals surface area contributed by atoms with Crippen LogP contribution in [0.15, 0.2) is 29.2 Å². The summed E-state index contributed by atoms with van der Waals surface area (Å²) in [6.45, 7) is 3.83. The molecule has 104 valence electrons. The van der Waals surface area contributed by atoms with Crippen molar-refractivity contribution in [2.45, 2.75) is 37.1 Å². The molecular formula is C13H18N2O2S2. The van der Waals surface area contributed by atoms with Gasteiger partial charge in [-0.25, -0.2) is 13.1 Å². The van der Waals surface area contributed by atoms with Crippen LogP contribution in [0.2, 0.25) is 0 Å². The highest BCUT2D eigenvalue weighted by molar-refractivity contribution is 7.89. The molecule has 0 aliphatic heterocycles. The van der Waals surface area contributed by atoms with Crippen molar-refractivity contribution in [3.05, 3.63) is 29.8 Å². The second-order valence-corrected chi connectivity index (χ2v) is 7.62. The summed E-state index contributed by atoms with van der Waals surface area (Å²) in [5.41, 5.74) is 5.67. The molecule has 1 aliphatic carbocycles. The van der Waals surface area contributed by atoms with Gasteiger partial charge in [0.15, 0.2) is 0 Å². The molecule has 0 aromatic heterocycles. The Labute approximate surface area is 119 Å². The Kier molecular flexibility index (Phi) is 3.68. The summed E-state index contributed by atoms with van der Waals surface area (Å²) in [6, 6.07) is 6.40. The normalized spacial score (nSPS) is 16.3. The number of benzene rings is 1. The van der Waals surface area contributed by atoms with Gasteiger partial charge in [-0.15, -0.1) is 0 Å². The zero-order chi connectivity index (χ0) is 14.3. The third-order valence-electron chi connectivity index (χ3n) is 3.42. The van der Waals surface area contributed by atoms with Crippen molar-refractivity contribution in [3.8, 4) is 0 Å². The minimum absolute atomic E-state index is 0.193. The molecule has 0 radical (unpaired) electrons. The smallest absolute Gasteiger partial charge is 0.241 e. The Bertz CT molecular complexity index is 605. The van der Waals surface area contributed by atoms with Crippen LogP contribution in [-0.2, 0) is 10.0 Å². The number of nitrogens with one attached hydrogen (secondary N) is 1. The number of nitrogens with two attached hydrogens (primary N) is 1. The van der Waals surface area contributed by atoms with Gasteiger partial charge >= 0.3 is 0 Å². The first-order chi connectivity index (χ1) is 8.72. The molecule has 1 aliphatic rings. The quantitative estimate of drug-likeness (QED) is 0.813. The minimum Gasteiger partial charge on any atom is -0.389 e. The third-order valence-corrected chi connectivity index (χ3v) is 5.33. The van der Waals surface area contributed by atoms with Crippen molar-refractivity contribution in [1.29, 1.82) is 0 Å². The molecule has 1 aromatic rings. The lowest BCUT2D eigenvalue weighted by Crippen LogP contribution is -2.45. The maximum atomic E-state index is 12.4. The molecule has 2 rings (SSSR count). The van der Waals surface area contributed by atoms with Gasteiger partial charge < -0.3 is 5.73 Å². The predicted molar refractivity (Wildman–Crippen MR) is 79.5 cm³/mol. The predicted octanol–water partition coefficient (Wildman–Crippen LogP) is 1.79. The van der Waals surface area contributed by atoms with E-state index in [4.69, 9.17) is 18.0 Å². The minimum atomic E-state index is -3.54. The van der Waals surface area contributed by atoms with E-state index in [1.807, 2.05) is 13.8 Å². The summed E-state index contributed by atoms with van der Waals surface area (Å²) in [5.74, 6) is 0.418. The molecule has 4 nitrogen and oxygen atoms in total. The fourth-order valence-corrected chi connectivity index (χ4v) is 3.75. The number of hydrogen-bond donors (Lipinski definition) is 2. The van der Waals surface area contributed by atoms with E-state index < -0.39 is 15.6 Å². The summed E-state index contributed by atoms with van der Waals surface area (Å²) in [4.78, 5) is 0.394. The Morgan fingerprint density at radius 1 is 1.42 bits per heavy atom. The number of sulfonamides is 1. The van der Waals surface area contributed by atoms with E-state index in [0.717, 1.165) is 12.8 Å². The molecular weight excluding hydrogens is 280 g/mol. The van der Waals surface area contributed by atoms with E-state index in [0.29, 0.717) is 11.5 Å². The van der Waals surface area contributed by atoms with E-state index in [1.165, 1.54) is 6.07 Å². The summed E-state index contributed by atoms with van der Waals surface area (Å²) in [5, 5.41) is 0. The number of hydrogen-bond acceptors (Lipinski definition) is 3. The van der Waals surface area contributed by atoms with E-state index in [2.05, 4.69) is 4.72 Å². The van der Waals surface area contributed by atoms with E-state index in [9.17, 15) is 8.42 Å². The third kappa shape index (κ3) is 3.32. The molecule has 0 unspecified atom stereocenters. The van der Waals surface area contributed by atoms with Crippen molar-refractivity contribution < 1.29 is 8.42 Å². The largest absolute Gasteiger partial charge is 0.389 e. The first kappa shape index (κ1) is 14.4. The molecule has 0 heterocycles. The lowest BCUT2D eigenvalue weighted by atomic mass is 10.0. The number of rotatable bonds is 5. The van der Waals surface area contributed by atoms with Crippen molar-refractivity contribution in [1.82, 2.24) is 4.72 Å². The van der Waals surface area contributed by atoms with Crippen molar-refractivity contribution >= 4 is 27.2 Å². The summed E-state index contributed by atoms with van der Waals surface area (Å²) in [6.07, 6.45) is 2.14. The molecule has 1 fully saturated rings. The first-order valence-corrected chi connectivity index (χ1v) is 8.05. The fourth-order valence-electron chi connectivity index (χ4n) is 2.11. The van der Waals surface area contributed by atoms with Crippen LogP contribution in [0.1, 0.15) is 32.3 Å². The number of thiocarbonyl (C=S) groups is 1. The molecule has 0 bridgehead atoms. The van der Waals surface area contributed by atoms with Crippen molar-refractivity contribution in [3.63, 3.8) is 0 Å². The SMILES string of the molecule is CC(C)(NS(=O)(=O)c1cccc(C(N)=S)c1)C1CC1. The van der Waals surface area contributed by atoms with Crippen LogP contribution < -0.4 is 10.5 Å². The van der Waals surface area contributed by atoms with E-state index in [1.54, 1.807) is 18.2 Å². The lowest BCUT2D eigenvalue weighted by Gasteiger charge is -2.25. The zero-order valence-electron chi connectivity index (χ0n) is 11.0. The van der Waals surface area contributed by atoms with Gasteiger partial charge in [-0.2, -0.15) is 0 Å². The van der Waals surface area contributed by atoms with Crippen LogP contribution in [0.5, 0.6) is 0 Å². The molecule has 1 saturated carbocycles. The van der Waals surface area contributed by atoms with Gasteiger partial charge in [-0.3, -0.25) is 0 Å². The summed E-state index contributed by atoms with van der Waals surface area (Å²) >= 11 is 4.87. The fraction of sp³-hybridized carbons (Fsp3) is 0.462. The van der Waals surface area contributed by atoms with Crippen molar-refractivity contribution in [2.24, 2.45) is 11.7 Å². The highest BCUT2D eigenvalue weighted by Crippen LogP contribution is 2.39. The van der Waals surface area contributed by atoms with Gasteiger partial charge in [0, 0.05) is 11.1 Å². The van der Waals surface area contributed by atoms with Crippen LogP contribution in [0, 0.1) is 5.92 Å². The van der Waals surface area contributed by atoms with E-state index >= 15 is 0 Å². The maximum absolute atomic E-state index is 12.4. The topological polar surface area (TPSA) is 72.2 Å². The second-order valence-electron chi connectivity index (χ2n) is 5.49. The molecule has 0 spiro atoms. The average Bonchev–Trinajstić information content (AvgIpc) is 3.11. The van der Waals surface area contributed by atoms with E-state index in [-0.39, 0.29) is 9.88 Å². The highest BCUT2D eigenvalue weighted by Gasteiger charge is 2.40. The molecule has 0 amide bonds. The summed E-state index contributed by atoms with van der Waals surface area (Å²) < 4.78 is 27.5. The zero-order valence-corrected chi connectivity index (χ0v) is 12.6. The van der Waals surface area contributed by atoms with Gasteiger partial charge in [0.25, 0.3) is 0 Å². The maximum Gasteiger partial charge on any atom is 0.241 e. The standard InChI is InChI=1S/C13H18N2O2S2/c1-13(2,10-6-7-10)15-19(16,17)11-5-3-4-9(8-11)12(14)18/h3-5,8,10,15H,6-7H2,1-2H3,(H2,14,18). The molecule has 0 saturated heterocycles. The van der Waals surface area contributed by atoms with Gasteiger partial charge in [0.1, 0.15) is 4.99 Å². The van der Waals surface area contributed by atoms with Gasteiger partial charge in [-0.1, -0.05) is 24.4 Å². The van der Waals surface area contributed by atoms with Crippen LogP contribution in [-0.4, -0.2) is 18.9 Å². The van der Waals surface area contributed by atoms with Crippen LogP contribution >= 0.6 is 12.2 Å².